The molecule has 1 amide bonds. The lowest BCUT2D eigenvalue weighted by atomic mass is 10.2. The van der Waals surface area contributed by atoms with Gasteiger partial charge in [-0.15, -0.1) is 0 Å². The molecule has 0 bridgehead atoms. The zero-order valence-electron chi connectivity index (χ0n) is 14.9. The Morgan fingerprint density at radius 3 is 2.48 bits per heavy atom. The molecule has 0 radical (unpaired) electrons. The number of nitrogens with zero attached hydrogens (tertiary/aromatic N) is 3. The maximum absolute atomic E-state index is 12.8. The first-order valence-corrected chi connectivity index (χ1v) is 8.30. The van der Waals surface area contributed by atoms with Crippen LogP contribution in [0.1, 0.15) is 20.8 Å². The number of piperazine rings is 1. The first kappa shape index (κ1) is 19.1. The molecule has 1 aromatic heterocycles. The number of pyridine rings is 1. The van der Waals surface area contributed by atoms with Gasteiger partial charge in [-0.3, -0.25) is 9.69 Å². The topological polar surface area (TPSA) is 74.8 Å². The summed E-state index contributed by atoms with van der Waals surface area (Å²) in [6, 6.07) is 2.78. The van der Waals surface area contributed by atoms with Crippen LogP contribution in [0, 0.1) is 5.82 Å². The van der Waals surface area contributed by atoms with Gasteiger partial charge in [0.2, 0.25) is 0 Å². The van der Waals surface area contributed by atoms with Gasteiger partial charge in [0, 0.05) is 26.2 Å². The normalized spacial score (nSPS) is 15.8. The minimum Gasteiger partial charge on any atom is -0.444 e. The van der Waals surface area contributed by atoms with Gasteiger partial charge in [0.25, 0.3) is 0 Å². The van der Waals surface area contributed by atoms with Crippen molar-refractivity contribution in [3.8, 4) is 0 Å². The molecular weight excluding hydrogens is 327 g/mol. The zero-order chi connectivity index (χ0) is 18.4. The first-order chi connectivity index (χ1) is 11.7. The summed E-state index contributed by atoms with van der Waals surface area (Å²) in [6.07, 6.45) is 0.783. The lowest BCUT2D eigenvalue weighted by Gasteiger charge is -2.35. The van der Waals surface area contributed by atoms with Crippen LogP contribution in [0.25, 0.3) is 0 Å². The number of rotatable bonds is 5. The Bertz CT molecular complexity index is 593. The van der Waals surface area contributed by atoms with Crippen molar-refractivity contribution in [2.24, 2.45) is 0 Å². The molecule has 8 heteroatoms. The number of nitrogens with one attached hydrogen (secondary N) is 1. The summed E-state index contributed by atoms with van der Waals surface area (Å²) in [5, 5.41) is 2.88. The van der Waals surface area contributed by atoms with Gasteiger partial charge in [-0.2, -0.15) is 0 Å². The Hall–Kier alpha value is -2.22. The Morgan fingerprint density at radius 1 is 1.24 bits per heavy atom. The Balaban J connectivity index is 1.69. The van der Waals surface area contributed by atoms with E-state index in [-0.39, 0.29) is 18.4 Å². The molecule has 1 aliphatic rings. The molecule has 25 heavy (non-hydrogen) atoms. The first-order valence-electron chi connectivity index (χ1n) is 8.30. The van der Waals surface area contributed by atoms with Crippen molar-refractivity contribution in [2.45, 2.75) is 26.4 Å². The van der Waals surface area contributed by atoms with E-state index in [1.54, 1.807) is 4.90 Å². The third-order valence-electron chi connectivity index (χ3n) is 3.62. The average molecular weight is 352 g/mol. The number of ketones is 1. The highest BCUT2D eigenvalue weighted by atomic mass is 19.1. The Kier molecular flexibility index (Phi) is 6.30. The molecule has 7 nitrogen and oxygen atoms in total. The molecule has 0 aromatic carbocycles. The number of hydrogen-bond acceptors (Lipinski definition) is 6. The number of ether oxygens (including phenoxy) is 1. The van der Waals surface area contributed by atoms with E-state index < -0.39 is 11.4 Å². The number of aromatic nitrogens is 1. The molecule has 1 N–H and O–H groups in total. The lowest BCUT2D eigenvalue weighted by molar-refractivity contribution is -0.118. The number of anilines is 1. The Labute approximate surface area is 147 Å². The fourth-order valence-corrected chi connectivity index (χ4v) is 2.39. The molecule has 1 fully saturated rings. The van der Waals surface area contributed by atoms with Crippen molar-refractivity contribution < 1.29 is 18.7 Å². The van der Waals surface area contributed by atoms with Gasteiger partial charge in [-0.25, -0.2) is 14.2 Å². The SMILES string of the molecule is CC(C)(C)OC(=O)N1CCN(CC(=O)CNc2ccc(F)cn2)CC1. The monoisotopic (exact) mass is 352 g/mol. The molecule has 0 atom stereocenters. The summed E-state index contributed by atoms with van der Waals surface area (Å²) in [4.78, 5) is 31.6. The van der Waals surface area contributed by atoms with E-state index in [2.05, 4.69) is 10.3 Å². The molecule has 0 unspecified atom stereocenters. The van der Waals surface area contributed by atoms with Crippen LogP contribution in [0.15, 0.2) is 18.3 Å². The van der Waals surface area contributed by atoms with Crippen LogP contribution >= 0.6 is 0 Å². The number of carbonyl (C=O) groups is 2. The fourth-order valence-electron chi connectivity index (χ4n) is 2.39. The quantitative estimate of drug-likeness (QED) is 0.870. The summed E-state index contributed by atoms with van der Waals surface area (Å²) in [5.41, 5.74) is -0.510. The summed E-state index contributed by atoms with van der Waals surface area (Å²) < 4.78 is 18.1. The maximum Gasteiger partial charge on any atom is 0.410 e. The lowest BCUT2D eigenvalue weighted by Crippen LogP contribution is -2.51. The summed E-state index contributed by atoms with van der Waals surface area (Å²) in [6.45, 7) is 8.26. The van der Waals surface area contributed by atoms with Crippen LogP contribution in [0.3, 0.4) is 0 Å². The predicted octanol–water partition coefficient (Wildman–Crippen LogP) is 1.75. The van der Waals surface area contributed by atoms with Crippen LogP contribution in [0.5, 0.6) is 0 Å². The van der Waals surface area contributed by atoms with Crippen LogP contribution < -0.4 is 5.32 Å². The van der Waals surface area contributed by atoms with E-state index in [4.69, 9.17) is 4.74 Å². The van der Waals surface area contributed by atoms with Crippen LogP contribution in [0.4, 0.5) is 15.0 Å². The molecule has 0 aliphatic carbocycles. The third kappa shape index (κ3) is 6.66. The molecule has 2 rings (SSSR count). The highest BCUT2D eigenvalue weighted by molar-refractivity contribution is 5.84. The predicted molar refractivity (Wildman–Crippen MR) is 91.9 cm³/mol. The van der Waals surface area contributed by atoms with Crippen molar-refractivity contribution in [3.05, 3.63) is 24.1 Å². The molecule has 1 aromatic rings. The Morgan fingerprint density at radius 2 is 1.92 bits per heavy atom. The van der Waals surface area contributed by atoms with Crippen molar-refractivity contribution in [3.63, 3.8) is 0 Å². The summed E-state index contributed by atoms with van der Waals surface area (Å²) in [5.74, 6) is 0.0565. The number of hydrogen-bond donors (Lipinski definition) is 1. The van der Waals surface area contributed by atoms with Gasteiger partial charge in [0.1, 0.15) is 17.2 Å². The standard InChI is InChI=1S/C17H25FN4O3/c1-17(2,3)25-16(24)22-8-6-21(7-9-22)12-14(23)11-20-15-5-4-13(18)10-19-15/h4-5,10H,6-9,11-12H2,1-3H3,(H,19,20). The van der Waals surface area contributed by atoms with Gasteiger partial charge >= 0.3 is 6.09 Å². The van der Waals surface area contributed by atoms with Crippen molar-refractivity contribution in [1.82, 2.24) is 14.8 Å². The van der Waals surface area contributed by atoms with E-state index in [1.807, 2.05) is 25.7 Å². The van der Waals surface area contributed by atoms with Gasteiger partial charge in [0.15, 0.2) is 5.78 Å². The van der Waals surface area contributed by atoms with Gasteiger partial charge in [-0.1, -0.05) is 0 Å². The van der Waals surface area contributed by atoms with E-state index >= 15 is 0 Å². The van der Waals surface area contributed by atoms with Crippen LogP contribution in [-0.4, -0.2) is 71.5 Å². The van der Waals surface area contributed by atoms with Gasteiger partial charge in [-0.05, 0) is 32.9 Å². The second-order valence-corrected chi connectivity index (χ2v) is 7.00. The highest BCUT2D eigenvalue weighted by Crippen LogP contribution is 2.12. The summed E-state index contributed by atoms with van der Waals surface area (Å²) >= 11 is 0. The zero-order valence-corrected chi connectivity index (χ0v) is 14.9. The molecule has 2 heterocycles. The minimum absolute atomic E-state index is 0.0110. The fraction of sp³-hybridized carbons (Fsp3) is 0.588. The number of halogens is 1. The largest absolute Gasteiger partial charge is 0.444 e. The molecule has 1 aliphatic heterocycles. The molecule has 0 saturated carbocycles. The molecule has 0 spiro atoms. The number of amides is 1. The minimum atomic E-state index is -0.510. The van der Waals surface area contributed by atoms with Crippen molar-refractivity contribution in [1.29, 1.82) is 0 Å². The second kappa shape index (κ2) is 8.24. The highest BCUT2D eigenvalue weighted by Gasteiger charge is 2.26. The number of Topliss-reactive ketones (excluding diaryl/α,β-unsaturated/α-hetero) is 1. The van der Waals surface area contributed by atoms with Crippen LogP contribution in [0.2, 0.25) is 0 Å². The van der Waals surface area contributed by atoms with E-state index in [9.17, 15) is 14.0 Å². The average Bonchev–Trinajstić information content (AvgIpc) is 2.53. The third-order valence-corrected chi connectivity index (χ3v) is 3.62. The van der Waals surface area contributed by atoms with Gasteiger partial charge < -0.3 is 15.0 Å². The van der Waals surface area contributed by atoms with Gasteiger partial charge in [0.05, 0.1) is 19.3 Å². The van der Waals surface area contributed by atoms with Crippen LogP contribution in [-0.2, 0) is 9.53 Å². The summed E-state index contributed by atoms with van der Waals surface area (Å²) in [7, 11) is 0. The van der Waals surface area contributed by atoms with E-state index in [0.717, 1.165) is 6.20 Å². The molecule has 1 saturated heterocycles. The molecule has 138 valence electrons. The maximum atomic E-state index is 12.8. The second-order valence-electron chi connectivity index (χ2n) is 7.00. The molecular formula is C17H25FN4O3. The number of carbonyl (C=O) groups excluding carboxylic acids is 2. The van der Waals surface area contributed by atoms with Crippen molar-refractivity contribution in [2.75, 3.05) is 44.6 Å². The smallest absolute Gasteiger partial charge is 0.410 e. The van der Waals surface area contributed by atoms with Crippen molar-refractivity contribution >= 4 is 17.7 Å². The van der Waals surface area contributed by atoms with E-state index in [0.29, 0.717) is 38.5 Å². The van der Waals surface area contributed by atoms with E-state index in [1.165, 1.54) is 12.1 Å².